The minimum absolute atomic E-state index is 0.0273. The monoisotopic (exact) mass is 370 g/mol. The van der Waals surface area contributed by atoms with Gasteiger partial charge in [0.2, 0.25) is 11.8 Å². The first-order chi connectivity index (χ1) is 13.0. The topological polar surface area (TPSA) is 67.9 Å². The highest BCUT2D eigenvalue weighted by atomic mass is 16.5. The van der Waals surface area contributed by atoms with E-state index in [4.69, 9.17) is 9.47 Å². The van der Waals surface area contributed by atoms with Crippen molar-refractivity contribution in [3.63, 3.8) is 0 Å². The minimum Gasteiger partial charge on any atom is -0.497 e. The number of nitrogens with zero attached hydrogens (tertiary/aromatic N) is 1. The molecule has 2 aromatic carbocycles. The summed E-state index contributed by atoms with van der Waals surface area (Å²) >= 11 is 0. The van der Waals surface area contributed by atoms with Crippen molar-refractivity contribution < 1.29 is 19.1 Å². The Morgan fingerprint density at radius 2 is 1.67 bits per heavy atom. The highest BCUT2D eigenvalue weighted by Crippen LogP contribution is 2.14. The van der Waals surface area contributed by atoms with E-state index in [1.165, 1.54) is 11.8 Å². The van der Waals surface area contributed by atoms with E-state index in [0.29, 0.717) is 19.5 Å². The molecule has 0 spiro atoms. The molecule has 0 unspecified atom stereocenters. The number of ether oxygens (including phenoxy) is 2. The van der Waals surface area contributed by atoms with Crippen molar-refractivity contribution in [2.45, 2.75) is 19.9 Å². The number of methoxy groups -OCH3 is 2. The molecule has 2 amide bonds. The molecular weight excluding hydrogens is 344 g/mol. The molecule has 0 heterocycles. The third-order valence-electron chi connectivity index (χ3n) is 4.18. The number of benzene rings is 2. The van der Waals surface area contributed by atoms with Gasteiger partial charge in [0.25, 0.3) is 0 Å². The first-order valence-electron chi connectivity index (χ1n) is 8.80. The zero-order chi connectivity index (χ0) is 19.6. The summed E-state index contributed by atoms with van der Waals surface area (Å²) in [5, 5.41) is 2.86. The molecule has 27 heavy (non-hydrogen) atoms. The van der Waals surface area contributed by atoms with E-state index < -0.39 is 0 Å². The van der Waals surface area contributed by atoms with E-state index in [1.807, 2.05) is 48.5 Å². The number of rotatable bonds is 9. The molecule has 2 rings (SSSR count). The quantitative estimate of drug-likeness (QED) is 0.736. The van der Waals surface area contributed by atoms with Gasteiger partial charge < -0.3 is 19.7 Å². The van der Waals surface area contributed by atoms with Crippen molar-refractivity contribution in [1.82, 2.24) is 10.2 Å². The normalized spacial score (nSPS) is 10.2. The van der Waals surface area contributed by atoms with Crippen LogP contribution in [-0.4, -0.2) is 44.0 Å². The van der Waals surface area contributed by atoms with Crippen molar-refractivity contribution in [3.05, 3.63) is 59.7 Å². The second-order valence-corrected chi connectivity index (χ2v) is 6.17. The molecule has 6 nitrogen and oxygen atoms in total. The molecule has 0 aliphatic rings. The fourth-order valence-corrected chi connectivity index (χ4v) is 2.63. The molecular formula is C21H26N2O4. The van der Waals surface area contributed by atoms with Gasteiger partial charge in [-0.2, -0.15) is 0 Å². The molecule has 0 bridgehead atoms. The van der Waals surface area contributed by atoms with E-state index >= 15 is 0 Å². The van der Waals surface area contributed by atoms with Gasteiger partial charge in [0.1, 0.15) is 11.5 Å². The third-order valence-corrected chi connectivity index (χ3v) is 4.18. The number of carbonyl (C=O) groups excluding carboxylic acids is 2. The number of carbonyl (C=O) groups is 2. The maximum atomic E-state index is 12.2. The lowest BCUT2D eigenvalue weighted by molar-refractivity contribution is -0.134. The molecule has 0 saturated heterocycles. The maximum Gasteiger partial charge on any atom is 0.239 e. The van der Waals surface area contributed by atoms with Crippen LogP contribution >= 0.6 is 0 Å². The minimum atomic E-state index is -0.179. The average molecular weight is 370 g/mol. The van der Waals surface area contributed by atoms with Crippen LogP contribution in [0, 0.1) is 0 Å². The lowest BCUT2D eigenvalue weighted by atomic mass is 10.1. The predicted octanol–water partition coefficient (Wildman–Crippen LogP) is 2.41. The predicted molar refractivity (Wildman–Crippen MR) is 104 cm³/mol. The summed E-state index contributed by atoms with van der Waals surface area (Å²) in [6.07, 6.45) is 0.696. The molecule has 0 aliphatic carbocycles. The Morgan fingerprint density at radius 3 is 2.30 bits per heavy atom. The lowest BCUT2D eigenvalue weighted by Crippen LogP contribution is -2.39. The Bertz CT molecular complexity index is 759. The third kappa shape index (κ3) is 6.66. The fraction of sp³-hybridized carbons (Fsp3) is 0.333. The van der Waals surface area contributed by atoms with E-state index in [9.17, 15) is 9.59 Å². The van der Waals surface area contributed by atoms with Crippen LogP contribution in [0.15, 0.2) is 48.5 Å². The molecule has 0 fully saturated rings. The largest absolute Gasteiger partial charge is 0.497 e. The lowest BCUT2D eigenvalue weighted by Gasteiger charge is -2.21. The standard InChI is InChI=1S/C21H26N2O4/c1-16(24)23(14-18-7-9-19(26-2)10-8-18)15-21(25)22-12-11-17-5-4-6-20(13-17)27-3/h4-10,13H,11-12,14-15H2,1-3H3,(H,22,25). The Hall–Kier alpha value is -3.02. The Kier molecular flexibility index (Phi) is 7.67. The second-order valence-electron chi connectivity index (χ2n) is 6.17. The molecule has 1 N–H and O–H groups in total. The Labute approximate surface area is 160 Å². The van der Waals surface area contributed by atoms with Gasteiger partial charge in [0, 0.05) is 20.0 Å². The molecule has 0 aliphatic heterocycles. The summed E-state index contributed by atoms with van der Waals surface area (Å²) in [4.78, 5) is 25.6. The summed E-state index contributed by atoms with van der Waals surface area (Å²) in [5.41, 5.74) is 2.02. The molecule has 0 aromatic heterocycles. The molecule has 6 heteroatoms. The van der Waals surface area contributed by atoms with Crippen molar-refractivity contribution >= 4 is 11.8 Å². The summed E-state index contributed by atoms with van der Waals surface area (Å²) in [5.74, 6) is 1.22. The summed E-state index contributed by atoms with van der Waals surface area (Å²) in [6, 6.07) is 15.2. The van der Waals surface area contributed by atoms with Gasteiger partial charge in [-0.1, -0.05) is 24.3 Å². The van der Waals surface area contributed by atoms with Gasteiger partial charge in [-0.3, -0.25) is 9.59 Å². The molecule has 0 saturated carbocycles. The molecule has 0 atom stereocenters. The van der Waals surface area contributed by atoms with Crippen LogP contribution in [-0.2, 0) is 22.6 Å². The van der Waals surface area contributed by atoms with E-state index in [0.717, 1.165) is 22.6 Å². The number of hydrogen-bond donors (Lipinski definition) is 1. The van der Waals surface area contributed by atoms with Gasteiger partial charge in [-0.25, -0.2) is 0 Å². The van der Waals surface area contributed by atoms with E-state index in [1.54, 1.807) is 14.2 Å². The average Bonchev–Trinajstić information content (AvgIpc) is 2.68. The smallest absolute Gasteiger partial charge is 0.239 e. The second kappa shape index (κ2) is 10.2. The van der Waals surface area contributed by atoms with Gasteiger partial charge in [0.15, 0.2) is 0 Å². The highest BCUT2D eigenvalue weighted by Gasteiger charge is 2.14. The summed E-state index contributed by atoms with van der Waals surface area (Å²) < 4.78 is 10.3. The van der Waals surface area contributed by atoms with Crippen molar-refractivity contribution in [2.24, 2.45) is 0 Å². The van der Waals surface area contributed by atoms with Crippen LogP contribution in [0.1, 0.15) is 18.1 Å². The first kappa shape index (κ1) is 20.3. The van der Waals surface area contributed by atoms with Crippen molar-refractivity contribution in [2.75, 3.05) is 27.3 Å². The van der Waals surface area contributed by atoms with Crippen LogP contribution in [0.5, 0.6) is 11.5 Å². The van der Waals surface area contributed by atoms with E-state index in [2.05, 4.69) is 5.32 Å². The maximum absolute atomic E-state index is 12.2. The van der Waals surface area contributed by atoms with Crippen LogP contribution in [0.3, 0.4) is 0 Å². The highest BCUT2D eigenvalue weighted by molar-refractivity contribution is 5.83. The summed E-state index contributed by atoms with van der Waals surface area (Å²) in [7, 11) is 3.23. The van der Waals surface area contributed by atoms with Crippen LogP contribution in [0.25, 0.3) is 0 Å². The number of nitrogens with one attached hydrogen (secondary N) is 1. The molecule has 0 radical (unpaired) electrons. The van der Waals surface area contributed by atoms with Crippen molar-refractivity contribution in [3.8, 4) is 11.5 Å². The number of amides is 2. The Balaban J connectivity index is 1.83. The summed E-state index contributed by atoms with van der Waals surface area (Å²) in [6.45, 7) is 2.37. The van der Waals surface area contributed by atoms with Gasteiger partial charge in [-0.15, -0.1) is 0 Å². The zero-order valence-electron chi connectivity index (χ0n) is 16.0. The van der Waals surface area contributed by atoms with Crippen LogP contribution < -0.4 is 14.8 Å². The van der Waals surface area contributed by atoms with Gasteiger partial charge in [0.05, 0.1) is 20.8 Å². The first-order valence-corrected chi connectivity index (χ1v) is 8.80. The fourth-order valence-electron chi connectivity index (χ4n) is 2.63. The molecule has 144 valence electrons. The SMILES string of the molecule is COc1ccc(CN(CC(=O)NCCc2cccc(OC)c2)C(C)=O)cc1. The zero-order valence-corrected chi connectivity index (χ0v) is 16.0. The van der Waals surface area contributed by atoms with Gasteiger partial charge >= 0.3 is 0 Å². The van der Waals surface area contributed by atoms with Crippen LogP contribution in [0.4, 0.5) is 0 Å². The molecule has 2 aromatic rings. The van der Waals surface area contributed by atoms with Gasteiger partial charge in [-0.05, 0) is 41.8 Å². The van der Waals surface area contributed by atoms with E-state index in [-0.39, 0.29) is 18.4 Å². The van der Waals surface area contributed by atoms with Crippen LogP contribution in [0.2, 0.25) is 0 Å². The number of hydrogen-bond acceptors (Lipinski definition) is 4. The Morgan fingerprint density at radius 1 is 0.963 bits per heavy atom. The van der Waals surface area contributed by atoms with Crippen molar-refractivity contribution in [1.29, 1.82) is 0 Å².